The number of hydrogen-bond donors (Lipinski definition) is 1. The first-order valence-corrected chi connectivity index (χ1v) is 9.26. The Balaban J connectivity index is 1.47. The lowest BCUT2D eigenvalue weighted by atomic mass is 9.83. The highest BCUT2D eigenvalue weighted by Crippen LogP contribution is 2.69. The molecule has 0 radical (unpaired) electrons. The standard InChI is InChI=1S/C18H30N2O/c1-2-20(14-6-4-3-5-13(14)10-19)18(21)17-15-11-7-8-12(9-11)16(15)17/h11-17H,2-10,19H2,1H3. The molecule has 2 N–H and O–H groups in total. The van der Waals surface area contributed by atoms with Crippen molar-refractivity contribution >= 4 is 5.91 Å². The molecule has 6 unspecified atom stereocenters. The van der Waals surface area contributed by atoms with E-state index in [2.05, 4.69) is 11.8 Å². The first-order chi connectivity index (χ1) is 10.3. The Kier molecular flexibility index (Phi) is 3.52. The van der Waals surface area contributed by atoms with E-state index in [9.17, 15) is 4.79 Å². The molecular formula is C18H30N2O. The van der Waals surface area contributed by atoms with Crippen molar-refractivity contribution in [1.29, 1.82) is 0 Å². The molecule has 3 nitrogen and oxygen atoms in total. The quantitative estimate of drug-likeness (QED) is 0.865. The summed E-state index contributed by atoms with van der Waals surface area (Å²) in [4.78, 5) is 15.4. The maximum absolute atomic E-state index is 13.1. The maximum Gasteiger partial charge on any atom is 0.226 e. The summed E-state index contributed by atoms with van der Waals surface area (Å²) in [5.41, 5.74) is 5.99. The van der Waals surface area contributed by atoms with Crippen LogP contribution in [-0.4, -0.2) is 29.9 Å². The first kappa shape index (κ1) is 14.0. The van der Waals surface area contributed by atoms with Gasteiger partial charge >= 0.3 is 0 Å². The number of carbonyl (C=O) groups excluding carboxylic acids is 1. The molecule has 0 aromatic rings. The van der Waals surface area contributed by atoms with Crippen LogP contribution < -0.4 is 5.73 Å². The Morgan fingerprint density at radius 2 is 1.76 bits per heavy atom. The molecule has 0 aromatic heterocycles. The van der Waals surface area contributed by atoms with Gasteiger partial charge in [-0.25, -0.2) is 0 Å². The van der Waals surface area contributed by atoms with E-state index >= 15 is 0 Å². The summed E-state index contributed by atoms with van der Waals surface area (Å²) in [6.07, 6.45) is 9.19. The predicted molar refractivity (Wildman–Crippen MR) is 83.5 cm³/mol. The van der Waals surface area contributed by atoms with Gasteiger partial charge in [-0.2, -0.15) is 0 Å². The molecule has 4 aliphatic rings. The minimum atomic E-state index is 0.400. The third-order valence-corrected chi connectivity index (χ3v) is 7.22. The minimum absolute atomic E-state index is 0.400. The van der Waals surface area contributed by atoms with E-state index < -0.39 is 0 Å². The predicted octanol–water partition coefficient (Wildman–Crippen LogP) is 2.64. The van der Waals surface area contributed by atoms with Gasteiger partial charge in [0.25, 0.3) is 0 Å². The van der Waals surface area contributed by atoms with E-state index in [0.29, 0.717) is 23.8 Å². The minimum Gasteiger partial charge on any atom is -0.339 e. The molecule has 118 valence electrons. The number of rotatable bonds is 4. The van der Waals surface area contributed by atoms with Gasteiger partial charge in [0.1, 0.15) is 0 Å². The second kappa shape index (κ2) is 5.26. The average molecular weight is 290 g/mol. The van der Waals surface area contributed by atoms with Crippen LogP contribution in [0.2, 0.25) is 0 Å². The lowest BCUT2D eigenvalue weighted by Gasteiger charge is -2.39. The molecule has 21 heavy (non-hydrogen) atoms. The Morgan fingerprint density at radius 3 is 2.38 bits per heavy atom. The fourth-order valence-corrected chi connectivity index (χ4v) is 6.27. The highest BCUT2D eigenvalue weighted by atomic mass is 16.2. The number of amides is 1. The molecule has 4 fully saturated rings. The van der Waals surface area contributed by atoms with Crippen LogP contribution in [0.5, 0.6) is 0 Å². The Hall–Kier alpha value is -0.570. The Labute approximate surface area is 128 Å². The average Bonchev–Trinajstić information content (AvgIpc) is 2.96. The van der Waals surface area contributed by atoms with Gasteiger partial charge in [-0.15, -0.1) is 0 Å². The summed E-state index contributed by atoms with van der Waals surface area (Å²) >= 11 is 0. The maximum atomic E-state index is 13.1. The molecule has 4 aliphatic carbocycles. The van der Waals surface area contributed by atoms with E-state index in [1.807, 2.05) is 0 Å². The van der Waals surface area contributed by atoms with Crippen molar-refractivity contribution in [3.05, 3.63) is 0 Å². The van der Waals surface area contributed by atoms with Crippen LogP contribution in [0.1, 0.15) is 51.9 Å². The summed E-state index contributed by atoms with van der Waals surface area (Å²) in [6, 6.07) is 0.431. The Bertz CT molecular complexity index is 407. The van der Waals surface area contributed by atoms with Crippen molar-refractivity contribution in [3.63, 3.8) is 0 Å². The number of nitrogens with zero attached hydrogens (tertiary/aromatic N) is 1. The number of hydrogen-bond acceptors (Lipinski definition) is 2. The van der Waals surface area contributed by atoms with Crippen molar-refractivity contribution < 1.29 is 4.79 Å². The second-order valence-electron chi connectivity index (χ2n) is 7.99. The number of fused-ring (bicyclic) bond motifs is 5. The lowest BCUT2D eigenvalue weighted by molar-refractivity contribution is -0.137. The number of carbonyl (C=O) groups is 1. The van der Waals surface area contributed by atoms with E-state index in [1.165, 1.54) is 44.9 Å². The topological polar surface area (TPSA) is 46.3 Å². The molecule has 1 amide bonds. The fraction of sp³-hybridized carbons (Fsp3) is 0.944. The first-order valence-electron chi connectivity index (χ1n) is 9.26. The van der Waals surface area contributed by atoms with Crippen LogP contribution in [0, 0.1) is 35.5 Å². The van der Waals surface area contributed by atoms with Crippen molar-refractivity contribution in [2.75, 3.05) is 13.1 Å². The summed E-state index contributed by atoms with van der Waals surface area (Å²) in [6.45, 7) is 3.79. The van der Waals surface area contributed by atoms with Gasteiger partial charge in [-0.1, -0.05) is 12.8 Å². The van der Waals surface area contributed by atoms with Gasteiger partial charge in [-0.3, -0.25) is 4.79 Å². The van der Waals surface area contributed by atoms with Crippen LogP contribution >= 0.6 is 0 Å². The van der Waals surface area contributed by atoms with Gasteiger partial charge in [0, 0.05) is 18.5 Å². The van der Waals surface area contributed by atoms with Gasteiger partial charge in [0.2, 0.25) is 5.91 Å². The number of nitrogens with two attached hydrogens (primary N) is 1. The zero-order valence-corrected chi connectivity index (χ0v) is 13.3. The van der Waals surface area contributed by atoms with Crippen LogP contribution in [0.15, 0.2) is 0 Å². The smallest absolute Gasteiger partial charge is 0.226 e. The lowest BCUT2D eigenvalue weighted by Crippen LogP contribution is -2.49. The van der Waals surface area contributed by atoms with Gasteiger partial charge in [0.05, 0.1) is 0 Å². The highest BCUT2D eigenvalue weighted by molar-refractivity contribution is 5.83. The SMILES string of the molecule is CCN(C(=O)C1C2C3CCC(C3)C12)C1CCCCC1CN. The molecule has 0 aliphatic heterocycles. The van der Waals surface area contributed by atoms with Crippen molar-refractivity contribution in [1.82, 2.24) is 4.90 Å². The van der Waals surface area contributed by atoms with Crippen molar-refractivity contribution in [2.45, 2.75) is 57.9 Å². The molecule has 2 bridgehead atoms. The van der Waals surface area contributed by atoms with Crippen LogP contribution in [0.4, 0.5) is 0 Å². The molecule has 0 aromatic carbocycles. The van der Waals surface area contributed by atoms with E-state index in [0.717, 1.165) is 36.8 Å². The van der Waals surface area contributed by atoms with Crippen LogP contribution in [0.25, 0.3) is 0 Å². The molecular weight excluding hydrogens is 260 g/mol. The molecule has 0 heterocycles. The Morgan fingerprint density at radius 1 is 1.10 bits per heavy atom. The van der Waals surface area contributed by atoms with Gasteiger partial charge in [0.15, 0.2) is 0 Å². The normalized spacial score (nSPS) is 47.2. The molecule has 4 saturated carbocycles. The molecule has 4 rings (SSSR count). The third kappa shape index (κ3) is 2.07. The summed E-state index contributed by atoms with van der Waals surface area (Å²) in [5, 5.41) is 0. The van der Waals surface area contributed by atoms with E-state index in [4.69, 9.17) is 5.73 Å². The largest absolute Gasteiger partial charge is 0.339 e. The monoisotopic (exact) mass is 290 g/mol. The van der Waals surface area contributed by atoms with Crippen molar-refractivity contribution in [2.24, 2.45) is 41.2 Å². The summed E-state index contributed by atoms with van der Waals surface area (Å²) < 4.78 is 0. The molecule has 3 heteroatoms. The van der Waals surface area contributed by atoms with Crippen LogP contribution in [0.3, 0.4) is 0 Å². The van der Waals surface area contributed by atoms with Crippen LogP contribution in [-0.2, 0) is 4.79 Å². The molecule has 0 saturated heterocycles. The van der Waals surface area contributed by atoms with Gasteiger partial charge in [-0.05, 0) is 75.2 Å². The van der Waals surface area contributed by atoms with E-state index in [-0.39, 0.29) is 0 Å². The highest BCUT2D eigenvalue weighted by Gasteiger charge is 2.68. The molecule has 0 spiro atoms. The summed E-state index contributed by atoms with van der Waals surface area (Å²) in [5.74, 6) is 4.76. The van der Waals surface area contributed by atoms with E-state index in [1.54, 1.807) is 0 Å². The third-order valence-electron chi connectivity index (χ3n) is 7.22. The zero-order valence-electron chi connectivity index (χ0n) is 13.3. The zero-order chi connectivity index (χ0) is 14.6. The summed E-state index contributed by atoms with van der Waals surface area (Å²) in [7, 11) is 0. The second-order valence-corrected chi connectivity index (χ2v) is 7.99. The molecule has 6 atom stereocenters. The van der Waals surface area contributed by atoms with Gasteiger partial charge < -0.3 is 10.6 Å². The fourth-order valence-electron chi connectivity index (χ4n) is 6.27. The van der Waals surface area contributed by atoms with Crippen molar-refractivity contribution in [3.8, 4) is 0 Å².